The van der Waals surface area contributed by atoms with Gasteiger partial charge in [0.2, 0.25) is 0 Å². The molecule has 0 saturated heterocycles. The molecule has 0 N–H and O–H groups in total. The lowest BCUT2D eigenvalue weighted by atomic mass is 10.4. The van der Waals surface area contributed by atoms with Crippen molar-refractivity contribution < 1.29 is 9.60 Å². The van der Waals surface area contributed by atoms with Crippen molar-refractivity contribution in [2.45, 2.75) is 19.6 Å². The summed E-state index contributed by atoms with van der Waals surface area (Å²) in [5, 5.41) is -0.342. The zero-order valence-corrected chi connectivity index (χ0v) is 4.17. The molecule has 0 aliphatic rings. The van der Waals surface area contributed by atoms with E-state index in [0.29, 0.717) is 0 Å². The second kappa shape index (κ2) is 4.48. The molecule has 5 heavy (non-hydrogen) atoms. The van der Waals surface area contributed by atoms with Gasteiger partial charge in [0.25, 0.3) is 0 Å². The second-order valence-electron chi connectivity index (χ2n) is 0.435. The normalized spacial score (nSPS) is 37.4. The number of hydrogen-bond acceptors (Lipinski definition) is 0. The van der Waals surface area contributed by atoms with E-state index < -0.39 is 19.6 Å². The maximum atomic E-state index is 7.12. The quantitative estimate of drug-likeness (QED) is 0.521. The molecule has 0 spiro atoms. The van der Waals surface area contributed by atoms with Crippen LogP contribution in [0.2, 0.25) is 0 Å². The number of rotatable bonds is 2. The molecular formula is C4H9Br. The predicted octanol–water partition coefficient (Wildman–Crippen LogP) is 2.18. The van der Waals surface area contributed by atoms with Gasteiger partial charge in [-0.25, -0.2) is 0 Å². The van der Waals surface area contributed by atoms with Gasteiger partial charge in [0, 0.05) is 14.9 Å². The lowest BCUT2D eigenvalue weighted by Crippen LogP contribution is -1.64. The fourth-order valence-corrected chi connectivity index (χ4v) is 0.174. The Kier molecular flexibility index (Phi) is 0.748. The molecule has 0 heterocycles. The summed E-state index contributed by atoms with van der Waals surface area (Å²) in [6, 6.07) is 0. The minimum atomic E-state index is -2.94. The van der Waals surface area contributed by atoms with Gasteiger partial charge >= 0.3 is 0 Å². The maximum absolute atomic E-state index is 7.12. The van der Waals surface area contributed by atoms with Gasteiger partial charge < -0.3 is 0 Å². The van der Waals surface area contributed by atoms with E-state index in [1.54, 1.807) is 0 Å². The average molecular weight is 144 g/mol. The van der Waals surface area contributed by atoms with E-state index in [0.717, 1.165) is 0 Å². The Hall–Kier alpha value is 0.480. The van der Waals surface area contributed by atoms with Crippen LogP contribution in [-0.2, 0) is 0 Å². The minimum Gasteiger partial charge on any atom is -0.0928 e. The van der Waals surface area contributed by atoms with E-state index in [1.165, 1.54) is 0 Å². The summed E-state index contributed by atoms with van der Waals surface area (Å²) in [6.45, 7) is -2.94. The molecule has 32 valence electrons. The summed E-state index contributed by atoms with van der Waals surface area (Å²) < 4.78 is 48.8. The van der Waals surface area contributed by atoms with Crippen LogP contribution >= 0.6 is 15.9 Å². The molecule has 0 rings (SSSR count). The lowest BCUT2D eigenvalue weighted by molar-refractivity contribution is 0.902. The van der Waals surface area contributed by atoms with Crippen molar-refractivity contribution in [3.8, 4) is 0 Å². The molecule has 0 amide bonds. The highest BCUT2D eigenvalue weighted by Gasteiger charge is 1.69. The maximum Gasteiger partial charge on any atom is 0.0275 e. The lowest BCUT2D eigenvalue weighted by Gasteiger charge is -1.77. The number of alkyl halides is 1. The highest BCUT2D eigenvalue weighted by Crippen LogP contribution is 1.89. The SMILES string of the molecule is [2H]C([2H])([2H])C([2H])([2H])C([2H])([2H])CBr. The van der Waals surface area contributed by atoms with Crippen LogP contribution in [0.4, 0.5) is 0 Å². The monoisotopic (exact) mass is 143 g/mol. The van der Waals surface area contributed by atoms with Gasteiger partial charge in [-0.3, -0.25) is 0 Å². The van der Waals surface area contributed by atoms with Gasteiger partial charge in [0.15, 0.2) is 0 Å². The zero-order valence-electron chi connectivity index (χ0n) is 9.59. The van der Waals surface area contributed by atoms with Crippen molar-refractivity contribution in [3.05, 3.63) is 0 Å². The molecule has 0 aromatic heterocycles. The Labute approximate surface area is 51.5 Å². The van der Waals surface area contributed by atoms with Crippen molar-refractivity contribution in [2.75, 3.05) is 5.33 Å². The van der Waals surface area contributed by atoms with Crippen molar-refractivity contribution in [3.63, 3.8) is 0 Å². The van der Waals surface area contributed by atoms with Crippen LogP contribution in [-0.4, -0.2) is 5.33 Å². The summed E-state index contributed by atoms with van der Waals surface area (Å²) >= 11 is 2.73. The Bertz CT molecular complexity index is 159. The van der Waals surface area contributed by atoms with E-state index in [4.69, 9.17) is 9.60 Å². The smallest absolute Gasteiger partial charge is 0.0275 e. The Morgan fingerprint density at radius 2 is 3.00 bits per heavy atom. The fraction of sp³-hybridized carbons (Fsp3) is 1.00. The van der Waals surface area contributed by atoms with Gasteiger partial charge in [-0.2, -0.15) is 0 Å². The summed E-state index contributed by atoms with van der Waals surface area (Å²) in [7, 11) is 0. The molecule has 0 aromatic carbocycles. The molecule has 0 unspecified atom stereocenters. The van der Waals surface area contributed by atoms with E-state index in [-0.39, 0.29) is 5.33 Å². The van der Waals surface area contributed by atoms with Crippen molar-refractivity contribution in [2.24, 2.45) is 0 Å². The van der Waals surface area contributed by atoms with Gasteiger partial charge in [-0.15, -0.1) is 0 Å². The van der Waals surface area contributed by atoms with E-state index in [9.17, 15) is 0 Å². The molecule has 0 bridgehead atoms. The molecule has 0 radical (unpaired) electrons. The van der Waals surface area contributed by atoms with Crippen LogP contribution in [0.1, 0.15) is 29.2 Å². The molecular weight excluding hydrogens is 128 g/mol. The van der Waals surface area contributed by atoms with Gasteiger partial charge in [-0.1, -0.05) is 29.2 Å². The molecule has 0 aliphatic carbocycles. The molecule has 0 atom stereocenters. The van der Waals surface area contributed by atoms with Gasteiger partial charge in [0.1, 0.15) is 0 Å². The standard InChI is InChI=1S/C4H9Br/c1-2-3-4-5/h2-4H2,1H3/i1D3,2D2,3D2. The molecule has 0 saturated carbocycles. The average Bonchev–Trinajstić information content (AvgIpc) is 1.85. The Morgan fingerprint density at radius 1 is 2.20 bits per heavy atom. The number of hydrogen-bond donors (Lipinski definition) is 0. The first-order valence-corrected chi connectivity index (χ1v) is 2.24. The van der Waals surface area contributed by atoms with E-state index in [2.05, 4.69) is 15.9 Å². The number of halogens is 1. The molecule has 0 fully saturated rings. The molecule has 0 aromatic rings. The van der Waals surface area contributed by atoms with Crippen LogP contribution in [0.3, 0.4) is 0 Å². The second-order valence-corrected chi connectivity index (χ2v) is 0.996. The van der Waals surface area contributed by atoms with Gasteiger partial charge in [0.05, 0.1) is 0 Å². The predicted molar refractivity (Wildman–Crippen MR) is 28.7 cm³/mol. The topological polar surface area (TPSA) is 0 Å². The Morgan fingerprint density at radius 3 is 3.20 bits per heavy atom. The first-order valence-electron chi connectivity index (χ1n) is 4.62. The van der Waals surface area contributed by atoms with Crippen LogP contribution in [0, 0.1) is 0 Å². The van der Waals surface area contributed by atoms with E-state index in [1.807, 2.05) is 0 Å². The van der Waals surface area contributed by atoms with Crippen molar-refractivity contribution in [1.29, 1.82) is 0 Å². The molecule has 0 nitrogen and oxygen atoms in total. The minimum absolute atomic E-state index is 0.342. The van der Waals surface area contributed by atoms with Crippen molar-refractivity contribution >= 4 is 15.9 Å². The summed E-state index contributed by atoms with van der Waals surface area (Å²) in [6.07, 6.45) is -5.22. The van der Waals surface area contributed by atoms with Crippen LogP contribution in [0.25, 0.3) is 0 Å². The summed E-state index contributed by atoms with van der Waals surface area (Å²) in [5.41, 5.74) is 0. The zero-order chi connectivity index (χ0) is 10.2. The first-order chi connectivity index (χ1) is 5.06. The third-order valence-corrected chi connectivity index (χ3v) is 0.436. The molecule has 1 heteroatoms. The van der Waals surface area contributed by atoms with Gasteiger partial charge in [-0.05, 0) is 6.37 Å². The first kappa shape index (κ1) is 0.835. The largest absolute Gasteiger partial charge is 0.0928 e. The summed E-state index contributed by atoms with van der Waals surface area (Å²) in [5.74, 6) is 0. The van der Waals surface area contributed by atoms with Crippen molar-refractivity contribution in [1.82, 2.24) is 0 Å². The molecule has 0 aliphatic heterocycles. The summed E-state index contributed by atoms with van der Waals surface area (Å²) in [4.78, 5) is 0. The van der Waals surface area contributed by atoms with Crippen LogP contribution in [0.5, 0.6) is 0 Å². The third-order valence-electron chi connectivity index (χ3n) is 0.155. The highest BCUT2D eigenvalue weighted by atomic mass is 79.9. The fourth-order valence-electron chi connectivity index (χ4n) is 0.0334. The Balaban J connectivity index is 4.85. The third kappa shape index (κ3) is 4.48. The van der Waals surface area contributed by atoms with E-state index >= 15 is 0 Å². The highest BCUT2D eigenvalue weighted by molar-refractivity contribution is 9.09. The van der Waals surface area contributed by atoms with Crippen LogP contribution < -0.4 is 0 Å². The van der Waals surface area contributed by atoms with Crippen LogP contribution in [0.15, 0.2) is 0 Å².